The molecular weight excluding hydrogens is 293 g/mol. The zero-order chi connectivity index (χ0) is 16.6. The van der Waals surface area contributed by atoms with Gasteiger partial charge in [0.25, 0.3) is 0 Å². The fourth-order valence-corrected chi connectivity index (χ4v) is 3.13. The molecule has 0 aliphatic carbocycles. The zero-order valence-corrected chi connectivity index (χ0v) is 13.9. The van der Waals surface area contributed by atoms with Crippen molar-refractivity contribution >= 4 is 0 Å². The average Bonchev–Trinajstić information content (AvgIpc) is 3.07. The second-order valence-corrected chi connectivity index (χ2v) is 7.35. The van der Waals surface area contributed by atoms with Crippen LogP contribution in [-0.2, 0) is 12.1 Å². The van der Waals surface area contributed by atoms with Crippen LogP contribution < -0.4 is 0 Å². The standard InChI is InChI=1S/C18H24FN3O/c1-18(2,3)22-11-13(9-20-22)10-21-12-16(23)8-17(21)14-4-6-15(19)7-5-14/h4-7,9,11,16-17,23H,8,10,12H2,1-3H3/t16-,17+/m0/s1. The monoisotopic (exact) mass is 317 g/mol. The number of likely N-dealkylation sites (tertiary alicyclic amines) is 1. The van der Waals surface area contributed by atoms with Gasteiger partial charge in [0, 0.05) is 30.9 Å². The maximum absolute atomic E-state index is 13.1. The number of benzene rings is 1. The summed E-state index contributed by atoms with van der Waals surface area (Å²) in [4.78, 5) is 2.24. The molecule has 1 aliphatic rings. The lowest BCUT2D eigenvalue weighted by molar-refractivity contribution is 0.172. The van der Waals surface area contributed by atoms with Crippen molar-refractivity contribution in [2.45, 2.75) is 51.4 Å². The van der Waals surface area contributed by atoms with Crippen LogP contribution in [0.5, 0.6) is 0 Å². The largest absolute Gasteiger partial charge is 0.392 e. The predicted molar refractivity (Wildman–Crippen MR) is 87.4 cm³/mol. The lowest BCUT2D eigenvalue weighted by Gasteiger charge is -2.24. The number of halogens is 1. The number of aliphatic hydroxyl groups excluding tert-OH is 1. The van der Waals surface area contributed by atoms with Crippen molar-refractivity contribution in [3.05, 3.63) is 53.6 Å². The number of rotatable bonds is 3. The Hall–Kier alpha value is -1.72. The van der Waals surface area contributed by atoms with Crippen molar-refractivity contribution in [2.24, 2.45) is 0 Å². The molecule has 1 N–H and O–H groups in total. The van der Waals surface area contributed by atoms with Crippen LogP contribution in [0.3, 0.4) is 0 Å². The highest BCUT2D eigenvalue weighted by Crippen LogP contribution is 2.33. The van der Waals surface area contributed by atoms with Gasteiger partial charge in [0.1, 0.15) is 5.82 Å². The van der Waals surface area contributed by atoms with Crippen LogP contribution in [0, 0.1) is 5.82 Å². The molecule has 0 amide bonds. The maximum atomic E-state index is 13.1. The quantitative estimate of drug-likeness (QED) is 0.946. The van der Waals surface area contributed by atoms with Gasteiger partial charge in [-0.15, -0.1) is 0 Å². The lowest BCUT2D eigenvalue weighted by Crippen LogP contribution is -2.24. The predicted octanol–water partition coefficient (Wildman–Crippen LogP) is 3.09. The molecule has 124 valence electrons. The van der Waals surface area contributed by atoms with Crippen molar-refractivity contribution < 1.29 is 9.50 Å². The summed E-state index contributed by atoms with van der Waals surface area (Å²) in [5, 5.41) is 14.5. The van der Waals surface area contributed by atoms with Crippen molar-refractivity contribution in [1.29, 1.82) is 0 Å². The van der Waals surface area contributed by atoms with Crippen LogP contribution in [0.1, 0.15) is 44.4 Å². The lowest BCUT2D eigenvalue weighted by atomic mass is 10.0. The summed E-state index contributed by atoms with van der Waals surface area (Å²) in [7, 11) is 0. The summed E-state index contributed by atoms with van der Waals surface area (Å²) in [6.07, 6.45) is 4.28. The number of aliphatic hydroxyl groups is 1. The smallest absolute Gasteiger partial charge is 0.123 e. The summed E-state index contributed by atoms with van der Waals surface area (Å²) in [6.45, 7) is 7.71. The highest BCUT2D eigenvalue weighted by molar-refractivity contribution is 5.22. The molecule has 1 aromatic carbocycles. The highest BCUT2D eigenvalue weighted by atomic mass is 19.1. The van der Waals surface area contributed by atoms with Crippen molar-refractivity contribution in [3.63, 3.8) is 0 Å². The first-order valence-corrected chi connectivity index (χ1v) is 8.04. The molecule has 2 aromatic rings. The molecule has 1 saturated heterocycles. The molecule has 0 unspecified atom stereocenters. The van der Waals surface area contributed by atoms with Gasteiger partial charge in [0.05, 0.1) is 17.8 Å². The van der Waals surface area contributed by atoms with E-state index in [-0.39, 0.29) is 23.5 Å². The van der Waals surface area contributed by atoms with E-state index in [4.69, 9.17) is 0 Å². The minimum Gasteiger partial charge on any atom is -0.392 e. The van der Waals surface area contributed by atoms with Crippen LogP contribution in [0.4, 0.5) is 4.39 Å². The highest BCUT2D eigenvalue weighted by Gasteiger charge is 2.32. The number of hydrogen-bond acceptors (Lipinski definition) is 3. The van der Waals surface area contributed by atoms with E-state index < -0.39 is 0 Å². The Bertz CT molecular complexity index is 660. The van der Waals surface area contributed by atoms with Gasteiger partial charge in [-0.25, -0.2) is 4.39 Å². The first-order valence-electron chi connectivity index (χ1n) is 8.04. The van der Waals surface area contributed by atoms with Gasteiger partial charge >= 0.3 is 0 Å². The van der Waals surface area contributed by atoms with Gasteiger partial charge < -0.3 is 5.11 Å². The van der Waals surface area contributed by atoms with Crippen molar-refractivity contribution in [3.8, 4) is 0 Å². The van der Waals surface area contributed by atoms with E-state index in [0.29, 0.717) is 13.0 Å². The van der Waals surface area contributed by atoms with Crippen LogP contribution >= 0.6 is 0 Å². The molecule has 0 radical (unpaired) electrons. The van der Waals surface area contributed by atoms with Gasteiger partial charge in [0.2, 0.25) is 0 Å². The Morgan fingerprint density at radius 1 is 1.26 bits per heavy atom. The summed E-state index contributed by atoms with van der Waals surface area (Å²) < 4.78 is 15.1. The Morgan fingerprint density at radius 3 is 2.57 bits per heavy atom. The maximum Gasteiger partial charge on any atom is 0.123 e. The molecule has 5 heteroatoms. The van der Waals surface area contributed by atoms with E-state index in [1.54, 1.807) is 0 Å². The number of β-amino-alcohol motifs (C(OH)–C–C–N with tert-alkyl or cyclic N) is 1. The van der Waals surface area contributed by atoms with E-state index in [9.17, 15) is 9.50 Å². The summed E-state index contributed by atoms with van der Waals surface area (Å²) in [5.41, 5.74) is 2.13. The molecule has 2 heterocycles. The van der Waals surface area contributed by atoms with Gasteiger partial charge in [-0.3, -0.25) is 9.58 Å². The Morgan fingerprint density at radius 2 is 1.96 bits per heavy atom. The molecule has 1 aromatic heterocycles. The number of nitrogens with zero attached hydrogens (tertiary/aromatic N) is 3. The Balaban J connectivity index is 1.77. The van der Waals surface area contributed by atoms with Crippen LogP contribution in [-0.4, -0.2) is 32.4 Å². The van der Waals surface area contributed by atoms with E-state index >= 15 is 0 Å². The number of hydrogen-bond donors (Lipinski definition) is 1. The van der Waals surface area contributed by atoms with Gasteiger partial charge in [-0.05, 0) is 44.9 Å². The first kappa shape index (κ1) is 16.1. The summed E-state index contributed by atoms with van der Waals surface area (Å²) in [5.74, 6) is -0.231. The van der Waals surface area contributed by atoms with E-state index in [1.165, 1.54) is 12.1 Å². The van der Waals surface area contributed by atoms with Crippen molar-refractivity contribution in [2.75, 3.05) is 6.54 Å². The first-order chi connectivity index (χ1) is 10.8. The molecule has 0 spiro atoms. The van der Waals surface area contributed by atoms with Gasteiger partial charge in [0.15, 0.2) is 0 Å². The zero-order valence-electron chi connectivity index (χ0n) is 13.9. The average molecular weight is 317 g/mol. The summed E-state index contributed by atoms with van der Waals surface area (Å²) in [6, 6.07) is 6.70. The van der Waals surface area contributed by atoms with Crippen LogP contribution in [0.2, 0.25) is 0 Å². The van der Waals surface area contributed by atoms with E-state index in [0.717, 1.165) is 17.7 Å². The second kappa shape index (κ2) is 6.06. The molecule has 0 bridgehead atoms. The molecule has 1 aliphatic heterocycles. The molecule has 4 nitrogen and oxygen atoms in total. The van der Waals surface area contributed by atoms with Crippen LogP contribution in [0.25, 0.3) is 0 Å². The minimum atomic E-state index is -0.345. The third-order valence-corrected chi connectivity index (χ3v) is 4.35. The summed E-state index contributed by atoms with van der Waals surface area (Å²) >= 11 is 0. The molecule has 23 heavy (non-hydrogen) atoms. The van der Waals surface area contributed by atoms with Gasteiger partial charge in [-0.2, -0.15) is 5.10 Å². The molecule has 3 rings (SSSR count). The molecular formula is C18H24FN3O. The normalized spacial score (nSPS) is 22.7. The minimum absolute atomic E-state index is 0.0425. The fraction of sp³-hybridized carbons (Fsp3) is 0.500. The van der Waals surface area contributed by atoms with Crippen LogP contribution in [0.15, 0.2) is 36.7 Å². The van der Waals surface area contributed by atoms with Crippen molar-refractivity contribution in [1.82, 2.24) is 14.7 Å². The molecule has 1 fully saturated rings. The molecule has 2 atom stereocenters. The van der Waals surface area contributed by atoms with Gasteiger partial charge in [-0.1, -0.05) is 12.1 Å². The topological polar surface area (TPSA) is 41.3 Å². The fourth-order valence-electron chi connectivity index (χ4n) is 3.13. The van der Waals surface area contributed by atoms with E-state index in [2.05, 4.69) is 37.0 Å². The SMILES string of the molecule is CC(C)(C)n1cc(CN2C[C@@H](O)C[C@@H]2c2ccc(F)cc2)cn1. The Kier molecular flexibility index (Phi) is 4.25. The third kappa shape index (κ3) is 3.62. The molecule has 0 saturated carbocycles. The third-order valence-electron chi connectivity index (χ3n) is 4.35. The number of aromatic nitrogens is 2. The second-order valence-electron chi connectivity index (χ2n) is 7.35. The Labute approximate surface area is 136 Å². The van der Waals surface area contributed by atoms with E-state index in [1.807, 2.05) is 23.0 Å².